The predicted octanol–water partition coefficient (Wildman–Crippen LogP) is 1.71. The summed E-state index contributed by atoms with van der Waals surface area (Å²) in [5.41, 5.74) is 6.59. The molecule has 1 aromatic rings. The van der Waals surface area contributed by atoms with Crippen molar-refractivity contribution in [1.29, 1.82) is 0 Å². The summed E-state index contributed by atoms with van der Waals surface area (Å²) in [7, 11) is 1.55. The molecule has 1 unspecified atom stereocenters. The number of nitrogens with two attached hydrogens (primary N) is 1. The highest BCUT2D eigenvalue weighted by molar-refractivity contribution is 7.98. The highest BCUT2D eigenvalue weighted by Gasteiger charge is 2.16. The summed E-state index contributed by atoms with van der Waals surface area (Å²) in [6, 6.07) is 5.51. The number of amides is 1. The Morgan fingerprint density at radius 3 is 2.65 bits per heavy atom. The normalized spacial score (nSPS) is 13.8. The molecule has 0 aliphatic rings. The van der Waals surface area contributed by atoms with Crippen LogP contribution in [0.15, 0.2) is 24.3 Å². The fourth-order valence-electron chi connectivity index (χ4n) is 1.71. The lowest BCUT2D eigenvalue weighted by molar-refractivity contribution is -0.122. The Balaban J connectivity index is 2.49. The first-order valence-corrected chi connectivity index (χ1v) is 7.78. The predicted molar refractivity (Wildman–Crippen MR) is 80.1 cm³/mol. The number of methoxy groups -OCH3 is 1. The van der Waals surface area contributed by atoms with Crippen molar-refractivity contribution >= 4 is 17.7 Å². The Morgan fingerprint density at radius 1 is 1.45 bits per heavy atom. The molecular formula is C14H21FN2O2S. The molecule has 0 saturated heterocycles. The second-order valence-electron chi connectivity index (χ2n) is 4.41. The fraction of sp³-hybridized carbons (Fsp3) is 0.500. The average molecular weight is 300 g/mol. The van der Waals surface area contributed by atoms with Crippen LogP contribution in [0.5, 0.6) is 0 Å². The fourth-order valence-corrected chi connectivity index (χ4v) is 2.20. The van der Waals surface area contributed by atoms with Gasteiger partial charge in [-0.05, 0) is 36.1 Å². The Bertz CT molecular complexity index is 414. The maximum atomic E-state index is 12.9. The van der Waals surface area contributed by atoms with Crippen molar-refractivity contribution in [3.8, 4) is 0 Å². The van der Waals surface area contributed by atoms with E-state index in [2.05, 4.69) is 5.32 Å². The molecule has 0 bridgehead atoms. The topological polar surface area (TPSA) is 64.3 Å². The van der Waals surface area contributed by atoms with Crippen LogP contribution in [-0.2, 0) is 9.53 Å². The SMILES string of the molecule is COC(CNC(=O)[C@@H](N)CCSC)c1ccc(F)cc1. The zero-order chi connectivity index (χ0) is 15.0. The molecule has 0 spiro atoms. The van der Waals surface area contributed by atoms with E-state index < -0.39 is 6.04 Å². The van der Waals surface area contributed by atoms with Crippen LogP contribution in [0.25, 0.3) is 0 Å². The van der Waals surface area contributed by atoms with Crippen LogP contribution in [0.4, 0.5) is 4.39 Å². The Kier molecular flexibility index (Phi) is 7.58. The summed E-state index contributed by atoms with van der Waals surface area (Å²) < 4.78 is 18.2. The largest absolute Gasteiger partial charge is 0.375 e. The summed E-state index contributed by atoms with van der Waals surface area (Å²) in [5, 5.41) is 2.76. The third kappa shape index (κ3) is 5.48. The number of rotatable bonds is 8. The minimum Gasteiger partial charge on any atom is -0.375 e. The molecule has 0 heterocycles. The van der Waals surface area contributed by atoms with Gasteiger partial charge in [0, 0.05) is 13.7 Å². The number of ether oxygens (including phenoxy) is 1. The zero-order valence-electron chi connectivity index (χ0n) is 11.8. The summed E-state index contributed by atoms with van der Waals surface area (Å²) >= 11 is 1.65. The van der Waals surface area contributed by atoms with E-state index in [0.717, 1.165) is 11.3 Å². The molecule has 0 saturated carbocycles. The van der Waals surface area contributed by atoms with E-state index in [1.807, 2.05) is 6.26 Å². The van der Waals surface area contributed by atoms with E-state index >= 15 is 0 Å². The summed E-state index contributed by atoms with van der Waals surface area (Å²) in [6.07, 6.45) is 2.30. The quantitative estimate of drug-likeness (QED) is 0.767. The number of thioether (sulfide) groups is 1. The van der Waals surface area contributed by atoms with E-state index in [4.69, 9.17) is 10.5 Å². The van der Waals surface area contributed by atoms with Gasteiger partial charge in [-0.25, -0.2) is 4.39 Å². The van der Waals surface area contributed by atoms with Gasteiger partial charge in [-0.2, -0.15) is 11.8 Å². The van der Waals surface area contributed by atoms with Crippen molar-refractivity contribution in [3.63, 3.8) is 0 Å². The second-order valence-corrected chi connectivity index (χ2v) is 5.39. The molecule has 4 nitrogen and oxygen atoms in total. The average Bonchev–Trinajstić information content (AvgIpc) is 2.46. The summed E-state index contributed by atoms with van der Waals surface area (Å²) in [6.45, 7) is 0.313. The molecule has 0 aliphatic carbocycles. The molecule has 20 heavy (non-hydrogen) atoms. The third-order valence-electron chi connectivity index (χ3n) is 2.96. The van der Waals surface area contributed by atoms with Gasteiger partial charge in [0.05, 0.1) is 12.1 Å². The smallest absolute Gasteiger partial charge is 0.237 e. The van der Waals surface area contributed by atoms with Crippen LogP contribution in [0.1, 0.15) is 18.1 Å². The number of benzene rings is 1. The summed E-state index contributed by atoms with van der Waals surface area (Å²) in [5.74, 6) is 0.357. The Hall–Kier alpha value is -1.11. The van der Waals surface area contributed by atoms with Crippen LogP contribution in [-0.4, -0.2) is 37.6 Å². The van der Waals surface area contributed by atoms with Gasteiger partial charge in [-0.3, -0.25) is 4.79 Å². The number of hydrogen-bond acceptors (Lipinski definition) is 4. The number of nitrogens with one attached hydrogen (secondary N) is 1. The number of carbonyl (C=O) groups is 1. The molecular weight excluding hydrogens is 279 g/mol. The van der Waals surface area contributed by atoms with Gasteiger partial charge in [-0.15, -0.1) is 0 Å². The molecule has 0 radical (unpaired) electrons. The minimum atomic E-state index is -0.506. The molecule has 0 aromatic heterocycles. The van der Waals surface area contributed by atoms with Crippen molar-refractivity contribution < 1.29 is 13.9 Å². The molecule has 0 fully saturated rings. The third-order valence-corrected chi connectivity index (χ3v) is 3.60. The van der Waals surface area contributed by atoms with Crippen LogP contribution in [0.3, 0.4) is 0 Å². The van der Waals surface area contributed by atoms with Crippen molar-refractivity contribution in [2.75, 3.05) is 25.7 Å². The maximum Gasteiger partial charge on any atom is 0.237 e. The molecule has 6 heteroatoms. The van der Waals surface area contributed by atoms with E-state index in [0.29, 0.717) is 13.0 Å². The molecule has 1 amide bonds. The van der Waals surface area contributed by atoms with E-state index in [-0.39, 0.29) is 17.8 Å². The van der Waals surface area contributed by atoms with Crippen LogP contribution in [0, 0.1) is 5.82 Å². The van der Waals surface area contributed by atoms with Gasteiger partial charge >= 0.3 is 0 Å². The van der Waals surface area contributed by atoms with Gasteiger partial charge in [0.2, 0.25) is 5.91 Å². The van der Waals surface area contributed by atoms with Crippen molar-refractivity contribution in [3.05, 3.63) is 35.6 Å². The number of carbonyl (C=O) groups excluding carboxylic acids is 1. The minimum absolute atomic E-state index is 0.191. The first-order chi connectivity index (χ1) is 9.58. The lowest BCUT2D eigenvalue weighted by Gasteiger charge is -2.18. The van der Waals surface area contributed by atoms with E-state index in [1.54, 1.807) is 31.0 Å². The molecule has 1 rings (SSSR count). The van der Waals surface area contributed by atoms with Crippen molar-refractivity contribution in [2.45, 2.75) is 18.6 Å². The molecule has 2 atom stereocenters. The molecule has 112 valence electrons. The standard InChI is InChI=1S/C14H21FN2O2S/c1-19-13(10-3-5-11(15)6-4-10)9-17-14(18)12(16)7-8-20-2/h3-6,12-13H,7-9,16H2,1-2H3,(H,17,18)/t12-,13?/m0/s1. The van der Waals surface area contributed by atoms with Gasteiger partial charge in [0.25, 0.3) is 0 Å². The van der Waals surface area contributed by atoms with Crippen molar-refractivity contribution in [1.82, 2.24) is 5.32 Å². The Morgan fingerprint density at radius 2 is 2.10 bits per heavy atom. The van der Waals surface area contributed by atoms with Crippen LogP contribution >= 0.6 is 11.8 Å². The lowest BCUT2D eigenvalue weighted by atomic mass is 10.1. The van der Waals surface area contributed by atoms with Gasteiger partial charge in [0.1, 0.15) is 5.82 Å². The second kappa shape index (κ2) is 8.94. The first kappa shape index (κ1) is 16.9. The van der Waals surface area contributed by atoms with Crippen molar-refractivity contribution in [2.24, 2.45) is 5.73 Å². The van der Waals surface area contributed by atoms with Gasteiger partial charge in [-0.1, -0.05) is 12.1 Å². The maximum absolute atomic E-state index is 12.9. The van der Waals surface area contributed by atoms with Crippen LogP contribution in [0.2, 0.25) is 0 Å². The lowest BCUT2D eigenvalue weighted by Crippen LogP contribution is -2.42. The van der Waals surface area contributed by atoms with Gasteiger partial charge < -0.3 is 15.8 Å². The Labute approximate surface area is 123 Å². The molecule has 1 aromatic carbocycles. The van der Waals surface area contributed by atoms with Crippen LogP contribution < -0.4 is 11.1 Å². The number of hydrogen-bond donors (Lipinski definition) is 2. The van der Waals surface area contributed by atoms with Gasteiger partial charge in [0.15, 0.2) is 0 Å². The molecule has 0 aliphatic heterocycles. The monoisotopic (exact) mass is 300 g/mol. The van der Waals surface area contributed by atoms with E-state index in [1.165, 1.54) is 12.1 Å². The summed E-state index contributed by atoms with van der Waals surface area (Å²) in [4.78, 5) is 11.8. The first-order valence-electron chi connectivity index (χ1n) is 6.39. The number of halogens is 1. The highest BCUT2D eigenvalue weighted by Crippen LogP contribution is 2.16. The van der Waals surface area contributed by atoms with E-state index in [9.17, 15) is 9.18 Å². The molecule has 3 N–H and O–H groups in total. The highest BCUT2D eigenvalue weighted by atomic mass is 32.2. The zero-order valence-corrected chi connectivity index (χ0v) is 12.6.